The van der Waals surface area contributed by atoms with E-state index < -0.39 is 0 Å². The quantitative estimate of drug-likeness (QED) is 0.493. The summed E-state index contributed by atoms with van der Waals surface area (Å²) in [4.78, 5) is 0. The smallest absolute Gasteiger partial charge is 0.0236 e. The number of hydrogen-bond donors (Lipinski definition) is 0. The van der Waals surface area contributed by atoms with E-state index in [0.717, 1.165) is 5.92 Å². The van der Waals surface area contributed by atoms with Gasteiger partial charge >= 0.3 is 0 Å². The van der Waals surface area contributed by atoms with Crippen molar-refractivity contribution in [3.05, 3.63) is 12.7 Å². The molecule has 0 radical (unpaired) electrons. The number of allylic oxidation sites excluding steroid dienone is 1. The molecule has 1 rings (SSSR count). The van der Waals surface area contributed by atoms with Gasteiger partial charge in [0.1, 0.15) is 0 Å². The summed E-state index contributed by atoms with van der Waals surface area (Å²) < 4.78 is 0. The topological polar surface area (TPSA) is 0 Å². The van der Waals surface area contributed by atoms with Crippen LogP contribution >= 0.6 is 0 Å². The van der Waals surface area contributed by atoms with Crippen LogP contribution in [0.4, 0.5) is 0 Å². The third kappa shape index (κ3) is 9.74. The van der Waals surface area contributed by atoms with Gasteiger partial charge in [-0.15, -0.1) is 6.58 Å². The normalized spacial score (nSPS) is 14.5. The van der Waals surface area contributed by atoms with Crippen molar-refractivity contribution in [1.82, 2.24) is 0 Å². The molecule has 0 bridgehead atoms. The van der Waals surface area contributed by atoms with Crippen molar-refractivity contribution >= 4 is 0 Å². The van der Waals surface area contributed by atoms with Gasteiger partial charge in [0.15, 0.2) is 0 Å². The lowest BCUT2D eigenvalue weighted by Gasteiger charge is -2.20. The highest BCUT2D eigenvalue weighted by Crippen LogP contribution is 2.26. The Morgan fingerprint density at radius 2 is 1.64 bits per heavy atom. The molecule has 11 heavy (non-hydrogen) atoms. The first-order chi connectivity index (χ1) is 5.35. The van der Waals surface area contributed by atoms with Gasteiger partial charge in [0.25, 0.3) is 0 Å². The van der Waals surface area contributed by atoms with E-state index in [-0.39, 0.29) is 0 Å². The molecule has 0 heteroatoms. The molecule has 0 atom stereocenters. The Balaban J connectivity index is 0. The molecule has 68 valence electrons. The van der Waals surface area contributed by atoms with E-state index in [1.165, 1.54) is 25.7 Å². The fraction of sp³-hybridized carbons (Fsp3) is 0.818. The second-order valence-corrected chi connectivity index (χ2v) is 2.63. The summed E-state index contributed by atoms with van der Waals surface area (Å²) in [6, 6.07) is 0. The summed E-state index contributed by atoms with van der Waals surface area (Å²) in [6.45, 7) is 11.9. The Morgan fingerprint density at radius 1 is 1.27 bits per heavy atom. The van der Waals surface area contributed by atoms with Gasteiger partial charge in [0.2, 0.25) is 0 Å². The summed E-state index contributed by atoms with van der Waals surface area (Å²) in [5, 5.41) is 0. The molecule has 1 saturated carbocycles. The van der Waals surface area contributed by atoms with Crippen molar-refractivity contribution in [3.63, 3.8) is 0 Å². The Morgan fingerprint density at radius 3 is 1.64 bits per heavy atom. The van der Waals surface area contributed by atoms with Crippen LogP contribution in [0, 0.1) is 5.92 Å². The van der Waals surface area contributed by atoms with Gasteiger partial charge in [0.05, 0.1) is 0 Å². The van der Waals surface area contributed by atoms with Gasteiger partial charge < -0.3 is 0 Å². The average Bonchev–Trinajstić information content (AvgIpc) is 1.91. The second-order valence-electron chi connectivity index (χ2n) is 2.63. The van der Waals surface area contributed by atoms with E-state index >= 15 is 0 Å². The molecule has 1 aliphatic carbocycles. The van der Waals surface area contributed by atoms with Gasteiger partial charge in [-0.1, -0.05) is 46.6 Å². The largest absolute Gasteiger partial charge is 0.103 e. The van der Waals surface area contributed by atoms with Gasteiger partial charge in [0, 0.05) is 0 Å². The molecule has 0 aromatic rings. The first kappa shape index (κ1) is 13.3. The Labute approximate surface area is 72.7 Å². The molecule has 0 aromatic heterocycles. The Hall–Kier alpha value is -0.260. The first-order valence-corrected chi connectivity index (χ1v) is 4.97. The van der Waals surface area contributed by atoms with Gasteiger partial charge in [-0.25, -0.2) is 0 Å². The first-order valence-electron chi connectivity index (χ1n) is 4.97. The van der Waals surface area contributed by atoms with Crippen LogP contribution in [0.5, 0.6) is 0 Å². The predicted molar refractivity (Wildman–Crippen MR) is 54.9 cm³/mol. The average molecular weight is 156 g/mol. The van der Waals surface area contributed by atoms with Crippen LogP contribution in [0.3, 0.4) is 0 Å². The maximum Gasteiger partial charge on any atom is -0.0236 e. The van der Waals surface area contributed by atoms with Crippen LogP contribution in [0.15, 0.2) is 12.7 Å². The van der Waals surface area contributed by atoms with Crippen molar-refractivity contribution in [2.45, 2.75) is 53.4 Å². The molecule has 0 spiro atoms. The van der Waals surface area contributed by atoms with Crippen LogP contribution in [0.1, 0.15) is 53.4 Å². The van der Waals surface area contributed by atoms with E-state index in [9.17, 15) is 0 Å². The van der Waals surface area contributed by atoms with Crippen molar-refractivity contribution in [2.75, 3.05) is 0 Å². The fourth-order valence-corrected chi connectivity index (χ4v) is 0.676. The lowest BCUT2D eigenvalue weighted by molar-refractivity contribution is 0.388. The molecule has 0 saturated heterocycles. The van der Waals surface area contributed by atoms with E-state index in [4.69, 9.17) is 0 Å². The zero-order valence-electron chi connectivity index (χ0n) is 8.69. The Kier molecular flexibility index (Phi) is 15.1. The molecular formula is C11H24. The third-order valence-corrected chi connectivity index (χ3v) is 1.48. The van der Waals surface area contributed by atoms with Gasteiger partial charge in [-0.2, -0.15) is 0 Å². The highest BCUT2D eigenvalue weighted by Gasteiger charge is 2.11. The predicted octanol–water partition coefficient (Wildman–Crippen LogP) is 4.42. The molecule has 0 amide bonds. The van der Waals surface area contributed by atoms with Crippen molar-refractivity contribution in [2.24, 2.45) is 5.92 Å². The number of rotatable bonds is 1. The minimum Gasteiger partial charge on any atom is -0.103 e. The van der Waals surface area contributed by atoms with Crippen molar-refractivity contribution < 1.29 is 0 Å². The summed E-state index contributed by atoms with van der Waals surface area (Å²) >= 11 is 0. The molecule has 0 N–H and O–H groups in total. The van der Waals surface area contributed by atoms with E-state index in [1.54, 1.807) is 0 Å². The van der Waals surface area contributed by atoms with Crippen LogP contribution in [0.25, 0.3) is 0 Å². The third-order valence-electron chi connectivity index (χ3n) is 1.48. The molecule has 1 fully saturated rings. The molecule has 0 unspecified atom stereocenters. The van der Waals surface area contributed by atoms with Crippen LogP contribution in [0.2, 0.25) is 0 Å². The van der Waals surface area contributed by atoms with Crippen LogP contribution < -0.4 is 0 Å². The monoisotopic (exact) mass is 156 g/mol. The zero-order valence-corrected chi connectivity index (χ0v) is 8.69. The molecule has 1 aliphatic rings. The van der Waals surface area contributed by atoms with Crippen molar-refractivity contribution in [3.8, 4) is 0 Å². The summed E-state index contributed by atoms with van der Waals surface area (Å²) in [7, 11) is 0. The SMILES string of the molecule is C=CC1CCC1.CC.CCC. The minimum atomic E-state index is 0.880. The maximum atomic E-state index is 3.68. The molecule has 0 nitrogen and oxygen atoms in total. The molecule has 0 aliphatic heterocycles. The molecular weight excluding hydrogens is 132 g/mol. The molecule has 0 heterocycles. The van der Waals surface area contributed by atoms with Gasteiger partial charge in [-0.05, 0) is 18.8 Å². The van der Waals surface area contributed by atoms with Crippen molar-refractivity contribution in [1.29, 1.82) is 0 Å². The van der Waals surface area contributed by atoms with E-state index in [1.807, 2.05) is 13.8 Å². The second kappa shape index (κ2) is 12.4. The van der Waals surface area contributed by atoms with E-state index in [2.05, 4.69) is 26.5 Å². The van der Waals surface area contributed by atoms with Crippen LogP contribution in [-0.4, -0.2) is 0 Å². The maximum absolute atomic E-state index is 3.68. The van der Waals surface area contributed by atoms with Crippen LogP contribution in [-0.2, 0) is 0 Å². The standard InChI is InChI=1S/C6H10.C3H8.C2H6/c1-2-6-4-3-5-6;1-3-2;1-2/h2,6H,1,3-5H2;3H2,1-2H3;1-2H3. The minimum absolute atomic E-state index is 0.880. The van der Waals surface area contributed by atoms with E-state index in [0.29, 0.717) is 0 Å². The van der Waals surface area contributed by atoms with Gasteiger partial charge in [-0.3, -0.25) is 0 Å². The highest BCUT2D eigenvalue weighted by atomic mass is 14.2. The summed E-state index contributed by atoms with van der Waals surface area (Å²) in [6.07, 6.45) is 7.52. The summed E-state index contributed by atoms with van der Waals surface area (Å²) in [5.41, 5.74) is 0. The molecule has 0 aromatic carbocycles. The zero-order chi connectivity index (χ0) is 9.11. The highest BCUT2D eigenvalue weighted by molar-refractivity contribution is 4.84. The summed E-state index contributed by atoms with van der Waals surface area (Å²) in [5.74, 6) is 0.880. The fourth-order valence-electron chi connectivity index (χ4n) is 0.676. The lowest BCUT2D eigenvalue weighted by atomic mass is 9.86. The lowest BCUT2D eigenvalue weighted by Crippen LogP contribution is -2.05. The number of hydrogen-bond acceptors (Lipinski definition) is 0. The Bertz CT molecular complexity index is 60.4.